The molecular formula is C14H13FN2O3S. The molecule has 0 fully saturated rings. The Hall–Kier alpha value is -2.41. The minimum atomic E-state index is -3.29. The fourth-order valence-corrected chi connectivity index (χ4v) is 2.29. The second kappa shape index (κ2) is 5.53. The fourth-order valence-electron chi connectivity index (χ4n) is 1.66. The number of nitrogen functional groups attached to an aromatic ring is 1. The third-order valence-electron chi connectivity index (χ3n) is 2.80. The lowest BCUT2D eigenvalue weighted by Gasteiger charge is -2.07. The van der Waals surface area contributed by atoms with Crippen molar-refractivity contribution in [3.05, 3.63) is 53.8 Å². The minimum Gasteiger partial charge on any atom is -0.396 e. The number of rotatable bonds is 3. The van der Waals surface area contributed by atoms with Gasteiger partial charge >= 0.3 is 0 Å². The summed E-state index contributed by atoms with van der Waals surface area (Å²) in [6, 6.07) is 9.43. The summed E-state index contributed by atoms with van der Waals surface area (Å²) in [4.78, 5) is 12.1. The van der Waals surface area contributed by atoms with Crippen molar-refractivity contribution in [1.29, 1.82) is 0 Å². The SMILES string of the molecule is CS(=O)(=O)c1ccc(NC(=O)c2ccc(N)c(F)c2)cc1. The standard InChI is InChI=1S/C14H13FN2O3S/c1-21(19,20)11-5-3-10(4-6-11)17-14(18)9-2-7-13(16)12(15)8-9/h2-8H,16H2,1H3,(H,17,18). The Morgan fingerprint density at radius 2 is 1.76 bits per heavy atom. The van der Waals surface area contributed by atoms with Gasteiger partial charge in [0.1, 0.15) is 5.82 Å². The van der Waals surface area contributed by atoms with Crippen LogP contribution in [0.15, 0.2) is 47.4 Å². The highest BCUT2D eigenvalue weighted by atomic mass is 32.2. The van der Waals surface area contributed by atoms with Crippen molar-refractivity contribution in [2.24, 2.45) is 0 Å². The largest absolute Gasteiger partial charge is 0.396 e. The first-order valence-corrected chi connectivity index (χ1v) is 7.83. The first kappa shape index (κ1) is 15.0. The van der Waals surface area contributed by atoms with Crippen molar-refractivity contribution in [2.75, 3.05) is 17.3 Å². The minimum absolute atomic E-state index is 0.0379. The summed E-state index contributed by atoms with van der Waals surface area (Å²) in [5.41, 5.74) is 5.82. The number of nitrogens with two attached hydrogens (primary N) is 1. The zero-order valence-corrected chi connectivity index (χ0v) is 11.9. The summed E-state index contributed by atoms with van der Waals surface area (Å²) in [7, 11) is -3.29. The van der Waals surface area contributed by atoms with Crippen molar-refractivity contribution < 1.29 is 17.6 Å². The summed E-state index contributed by atoms with van der Waals surface area (Å²) in [5.74, 6) is -1.18. The number of benzene rings is 2. The Morgan fingerprint density at radius 3 is 2.29 bits per heavy atom. The highest BCUT2D eigenvalue weighted by molar-refractivity contribution is 7.90. The average molecular weight is 308 g/mol. The van der Waals surface area contributed by atoms with E-state index in [0.29, 0.717) is 5.69 Å². The Bertz CT molecular complexity index is 786. The predicted octanol–water partition coefficient (Wildman–Crippen LogP) is 2.06. The summed E-state index contributed by atoms with van der Waals surface area (Å²) in [5, 5.41) is 2.54. The molecule has 21 heavy (non-hydrogen) atoms. The van der Waals surface area contributed by atoms with E-state index in [9.17, 15) is 17.6 Å². The van der Waals surface area contributed by atoms with Gasteiger partial charge in [0.05, 0.1) is 10.6 Å². The first-order chi connectivity index (χ1) is 9.77. The quantitative estimate of drug-likeness (QED) is 0.849. The van der Waals surface area contributed by atoms with Gasteiger partial charge in [0.25, 0.3) is 5.91 Å². The molecule has 2 aromatic carbocycles. The number of carbonyl (C=O) groups is 1. The van der Waals surface area contributed by atoms with E-state index in [1.807, 2.05) is 0 Å². The van der Waals surface area contributed by atoms with Crippen LogP contribution < -0.4 is 11.1 Å². The van der Waals surface area contributed by atoms with E-state index in [4.69, 9.17) is 5.73 Å². The maximum absolute atomic E-state index is 13.3. The van der Waals surface area contributed by atoms with Crippen molar-refractivity contribution in [2.45, 2.75) is 4.90 Å². The van der Waals surface area contributed by atoms with Gasteiger partial charge in [-0.2, -0.15) is 0 Å². The van der Waals surface area contributed by atoms with Gasteiger partial charge in [-0.15, -0.1) is 0 Å². The number of hydrogen-bond acceptors (Lipinski definition) is 4. The van der Waals surface area contributed by atoms with E-state index in [0.717, 1.165) is 12.3 Å². The molecule has 0 radical (unpaired) electrons. The Balaban J connectivity index is 2.18. The molecule has 3 N–H and O–H groups in total. The molecule has 0 aliphatic heterocycles. The molecule has 1 amide bonds. The van der Waals surface area contributed by atoms with Gasteiger partial charge in [-0.3, -0.25) is 4.79 Å². The van der Waals surface area contributed by atoms with Crippen molar-refractivity contribution in [3.8, 4) is 0 Å². The smallest absolute Gasteiger partial charge is 0.255 e. The maximum Gasteiger partial charge on any atom is 0.255 e. The van der Waals surface area contributed by atoms with Crippen LogP contribution in [0.3, 0.4) is 0 Å². The van der Waals surface area contributed by atoms with E-state index in [1.54, 1.807) is 0 Å². The molecule has 0 saturated heterocycles. The maximum atomic E-state index is 13.3. The fraction of sp³-hybridized carbons (Fsp3) is 0.0714. The molecule has 7 heteroatoms. The van der Waals surface area contributed by atoms with Crippen LogP contribution >= 0.6 is 0 Å². The molecule has 2 aromatic rings. The molecule has 5 nitrogen and oxygen atoms in total. The first-order valence-electron chi connectivity index (χ1n) is 5.94. The summed E-state index contributed by atoms with van der Waals surface area (Å²) in [6.45, 7) is 0. The van der Waals surface area contributed by atoms with Crippen LogP contribution in [0.5, 0.6) is 0 Å². The molecule has 110 valence electrons. The summed E-state index contributed by atoms with van der Waals surface area (Å²) >= 11 is 0. The molecule has 0 unspecified atom stereocenters. The second-order valence-electron chi connectivity index (χ2n) is 4.49. The lowest BCUT2D eigenvalue weighted by molar-refractivity contribution is 0.102. The van der Waals surface area contributed by atoms with E-state index in [-0.39, 0.29) is 16.1 Å². The monoisotopic (exact) mass is 308 g/mol. The Labute approximate surface area is 121 Å². The lowest BCUT2D eigenvalue weighted by Crippen LogP contribution is -2.12. The molecule has 0 atom stereocenters. The lowest BCUT2D eigenvalue weighted by atomic mass is 10.2. The van der Waals surface area contributed by atoms with Gasteiger partial charge in [0.15, 0.2) is 9.84 Å². The Kier molecular flexibility index (Phi) is 3.95. The number of carbonyl (C=O) groups excluding carboxylic acids is 1. The molecule has 0 saturated carbocycles. The van der Waals surface area contributed by atoms with Gasteiger partial charge in [-0.1, -0.05) is 0 Å². The van der Waals surface area contributed by atoms with Crippen LogP contribution in [0.2, 0.25) is 0 Å². The molecule has 0 aromatic heterocycles. The van der Waals surface area contributed by atoms with Crippen molar-refractivity contribution >= 4 is 27.1 Å². The summed E-state index contributed by atoms with van der Waals surface area (Å²) < 4.78 is 35.9. The van der Waals surface area contributed by atoms with Crippen LogP contribution in [0, 0.1) is 5.82 Å². The highest BCUT2D eigenvalue weighted by Crippen LogP contribution is 2.16. The third-order valence-corrected chi connectivity index (χ3v) is 3.93. The van der Waals surface area contributed by atoms with Gasteiger partial charge in [-0.05, 0) is 42.5 Å². The van der Waals surface area contributed by atoms with Gasteiger partial charge in [0, 0.05) is 17.5 Å². The zero-order valence-electron chi connectivity index (χ0n) is 11.1. The number of hydrogen-bond donors (Lipinski definition) is 2. The van der Waals surface area contributed by atoms with Crippen molar-refractivity contribution in [3.63, 3.8) is 0 Å². The number of halogens is 1. The molecule has 0 spiro atoms. The molecule has 2 rings (SSSR count). The average Bonchev–Trinajstić information content (AvgIpc) is 2.41. The van der Waals surface area contributed by atoms with E-state index in [2.05, 4.69) is 5.32 Å². The van der Waals surface area contributed by atoms with Crippen molar-refractivity contribution in [1.82, 2.24) is 0 Å². The summed E-state index contributed by atoms with van der Waals surface area (Å²) in [6.07, 6.45) is 1.09. The van der Waals surface area contributed by atoms with E-state index >= 15 is 0 Å². The van der Waals surface area contributed by atoms with Crippen LogP contribution in [0.25, 0.3) is 0 Å². The normalized spacial score (nSPS) is 11.1. The molecule has 0 bridgehead atoms. The molecule has 0 aliphatic rings. The van der Waals surface area contributed by atoms with E-state index < -0.39 is 21.6 Å². The predicted molar refractivity (Wildman–Crippen MR) is 78.3 cm³/mol. The molecule has 0 heterocycles. The Morgan fingerprint density at radius 1 is 1.14 bits per heavy atom. The molecular weight excluding hydrogens is 295 g/mol. The van der Waals surface area contributed by atoms with Crippen LogP contribution in [-0.4, -0.2) is 20.6 Å². The number of anilines is 2. The van der Waals surface area contributed by atoms with Crippen LogP contribution in [-0.2, 0) is 9.84 Å². The van der Waals surface area contributed by atoms with Crippen LogP contribution in [0.1, 0.15) is 10.4 Å². The van der Waals surface area contributed by atoms with E-state index in [1.165, 1.54) is 36.4 Å². The van der Waals surface area contributed by atoms with Crippen LogP contribution in [0.4, 0.5) is 15.8 Å². The second-order valence-corrected chi connectivity index (χ2v) is 6.50. The molecule has 0 aliphatic carbocycles. The van der Waals surface area contributed by atoms with Gasteiger partial charge in [0.2, 0.25) is 0 Å². The third kappa shape index (κ3) is 3.57. The number of nitrogens with one attached hydrogen (secondary N) is 1. The number of amides is 1. The van der Waals surface area contributed by atoms with Gasteiger partial charge in [-0.25, -0.2) is 12.8 Å². The zero-order chi connectivity index (χ0) is 15.6. The highest BCUT2D eigenvalue weighted by Gasteiger charge is 2.10. The number of sulfone groups is 1. The topological polar surface area (TPSA) is 89.3 Å². The van der Waals surface area contributed by atoms with Gasteiger partial charge < -0.3 is 11.1 Å².